The fourth-order valence-electron chi connectivity index (χ4n) is 1.45. The SMILES string of the molecule is OCc1cccc(F)c1Oc1ccc(Br)c(F)c1. The van der Waals surface area contributed by atoms with Crippen LogP contribution in [0.15, 0.2) is 40.9 Å². The summed E-state index contributed by atoms with van der Waals surface area (Å²) in [6, 6.07) is 8.32. The van der Waals surface area contributed by atoms with E-state index in [0.717, 1.165) is 6.07 Å². The molecule has 0 fully saturated rings. The summed E-state index contributed by atoms with van der Waals surface area (Å²) in [6.45, 7) is -0.355. The second-order valence-corrected chi connectivity index (χ2v) is 4.42. The van der Waals surface area contributed by atoms with Gasteiger partial charge in [0.25, 0.3) is 0 Å². The van der Waals surface area contributed by atoms with Crippen molar-refractivity contribution >= 4 is 15.9 Å². The second kappa shape index (κ2) is 5.46. The monoisotopic (exact) mass is 314 g/mol. The maximum absolute atomic E-state index is 13.6. The van der Waals surface area contributed by atoms with Crippen molar-refractivity contribution in [1.29, 1.82) is 0 Å². The topological polar surface area (TPSA) is 29.5 Å². The minimum absolute atomic E-state index is 0.0956. The van der Waals surface area contributed by atoms with Gasteiger partial charge in [0.15, 0.2) is 11.6 Å². The molecule has 0 amide bonds. The van der Waals surface area contributed by atoms with E-state index in [-0.39, 0.29) is 18.1 Å². The molecule has 0 heterocycles. The quantitative estimate of drug-likeness (QED) is 0.927. The van der Waals surface area contributed by atoms with Crippen molar-refractivity contribution in [2.75, 3.05) is 0 Å². The lowest BCUT2D eigenvalue weighted by Gasteiger charge is -2.10. The number of aliphatic hydroxyl groups excluding tert-OH is 1. The highest BCUT2D eigenvalue weighted by Gasteiger charge is 2.11. The zero-order valence-corrected chi connectivity index (χ0v) is 10.7. The van der Waals surface area contributed by atoms with Gasteiger partial charge in [-0.3, -0.25) is 0 Å². The number of halogens is 3. The Morgan fingerprint density at radius 2 is 1.89 bits per heavy atom. The number of para-hydroxylation sites is 1. The van der Waals surface area contributed by atoms with E-state index >= 15 is 0 Å². The summed E-state index contributed by atoms with van der Waals surface area (Å²) in [5, 5.41) is 9.09. The molecule has 18 heavy (non-hydrogen) atoms. The molecule has 0 atom stereocenters. The largest absolute Gasteiger partial charge is 0.454 e. The molecule has 0 aliphatic heterocycles. The van der Waals surface area contributed by atoms with Crippen LogP contribution in [0.2, 0.25) is 0 Å². The summed E-state index contributed by atoms with van der Waals surface area (Å²) in [6.07, 6.45) is 0. The number of hydrogen-bond donors (Lipinski definition) is 1. The third-order valence-electron chi connectivity index (χ3n) is 2.33. The molecular weight excluding hydrogens is 306 g/mol. The molecule has 0 aliphatic carbocycles. The van der Waals surface area contributed by atoms with Gasteiger partial charge in [-0.25, -0.2) is 8.78 Å². The van der Waals surface area contributed by atoms with Crippen LogP contribution >= 0.6 is 15.9 Å². The third-order valence-corrected chi connectivity index (χ3v) is 2.97. The lowest BCUT2D eigenvalue weighted by atomic mass is 10.2. The second-order valence-electron chi connectivity index (χ2n) is 3.56. The van der Waals surface area contributed by atoms with Gasteiger partial charge >= 0.3 is 0 Å². The maximum Gasteiger partial charge on any atom is 0.168 e. The molecule has 2 aromatic rings. The zero-order valence-electron chi connectivity index (χ0n) is 9.16. The van der Waals surface area contributed by atoms with Gasteiger partial charge in [-0.2, -0.15) is 0 Å². The molecule has 0 aliphatic rings. The van der Waals surface area contributed by atoms with Gasteiger partial charge in [-0.1, -0.05) is 12.1 Å². The number of ether oxygens (including phenoxy) is 1. The first-order valence-corrected chi connectivity index (χ1v) is 5.92. The van der Waals surface area contributed by atoms with E-state index in [9.17, 15) is 8.78 Å². The smallest absolute Gasteiger partial charge is 0.168 e. The van der Waals surface area contributed by atoms with Crippen LogP contribution in [-0.4, -0.2) is 5.11 Å². The van der Waals surface area contributed by atoms with E-state index in [2.05, 4.69) is 15.9 Å². The fraction of sp³-hybridized carbons (Fsp3) is 0.0769. The number of hydrogen-bond acceptors (Lipinski definition) is 2. The van der Waals surface area contributed by atoms with E-state index in [1.807, 2.05) is 0 Å². The van der Waals surface area contributed by atoms with Crippen molar-refractivity contribution < 1.29 is 18.6 Å². The van der Waals surface area contributed by atoms with Crippen LogP contribution in [0.3, 0.4) is 0 Å². The molecule has 0 radical (unpaired) electrons. The Hall–Kier alpha value is -1.46. The van der Waals surface area contributed by atoms with Crippen LogP contribution in [-0.2, 0) is 6.61 Å². The summed E-state index contributed by atoms with van der Waals surface area (Å²) in [5.74, 6) is -1.04. The molecule has 0 unspecified atom stereocenters. The molecule has 5 heteroatoms. The van der Waals surface area contributed by atoms with Crippen LogP contribution in [0.5, 0.6) is 11.5 Å². The summed E-state index contributed by atoms with van der Waals surface area (Å²) in [7, 11) is 0. The van der Waals surface area contributed by atoms with Gasteiger partial charge in [0, 0.05) is 11.6 Å². The highest BCUT2D eigenvalue weighted by Crippen LogP contribution is 2.30. The molecule has 0 aromatic heterocycles. The average Bonchev–Trinajstić information content (AvgIpc) is 2.36. The van der Waals surface area contributed by atoms with Crippen molar-refractivity contribution in [3.63, 3.8) is 0 Å². The fourth-order valence-corrected chi connectivity index (χ4v) is 1.70. The molecule has 0 spiro atoms. The van der Waals surface area contributed by atoms with Crippen LogP contribution in [0, 0.1) is 11.6 Å². The van der Waals surface area contributed by atoms with Gasteiger partial charge in [0.1, 0.15) is 11.6 Å². The Labute approximate surface area is 111 Å². The molecule has 2 nitrogen and oxygen atoms in total. The van der Waals surface area contributed by atoms with Crippen molar-refractivity contribution in [1.82, 2.24) is 0 Å². The first-order chi connectivity index (χ1) is 8.61. The van der Waals surface area contributed by atoms with Gasteiger partial charge in [0.2, 0.25) is 0 Å². The zero-order chi connectivity index (χ0) is 13.1. The molecule has 2 aromatic carbocycles. The molecule has 0 bridgehead atoms. The lowest BCUT2D eigenvalue weighted by molar-refractivity contribution is 0.274. The standard InChI is InChI=1S/C13H9BrF2O2/c14-10-5-4-9(6-12(10)16)18-13-8(7-17)2-1-3-11(13)15/h1-6,17H,7H2. The number of aliphatic hydroxyl groups is 1. The Balaban J connectivity index is 2.36. The Kier molecular flexibility index (Phi) is 3.93. The third kappa shape index (κ3) is 2.68. The van der Waals surface area contributed by atoms with Crippen LogP contribution < -0.4 is 4.74 Å². The summed E-state index contributed by atoms with van der Waals surface area (Å²) >= 11 is 3.01. The highest BCUT2D eigenvalue weighted by atomic mass is 79.9. The van der Waals surface area contributed by atoms with E-state index in [1.54, 1.807) is 0 Å². The van der Waals surface area contributed by atoms with E-state index in [1.165, 1.54) is 30.3 Å². The highest BCUT2D eigenvalue weighted by molar-refractivity contribution is 9.10. The van der Waals surface area contributed by atoms with Gasteiger partial charge in [-0.15, -0.1) is 0 Å². The van der Waals surface area contributed by atoms with Crippen molar-refractivity contribution in [2.45, 2.75) is 6.61 Å². The van der Waals surface area contributed by atoms with Crippen LogP contribution in [0.4, 0.5) is 8.78 Å². The van der Waals surface area contributed by atoms with Crippen molar-refractivity contribution in [2.24, 2.45) is 0 Å². The first-order valence-electron chi connectivity index (χ1n) is 5.13. The minimum atomic E-state index is -0.607. The van der Waals surface area contributed by atoms with Gasteiger partial charge in [0.05, 0.1) is 11.1 Å². The summed E-state index contributed by atoms with van der Waals surface area (Å²) < 4.78 is 32.4. The molecule has 0 saturated carbocycles. The predicted molar refractivity (Wildman–Crippen MR) is 66.5 cm³/mol. The van der Waals surface area contributed by atoms with Crippen LogP contribution in [0.1, 0.15) is 5.56 Å². The minimum Gasteiger partial charge on any atom is -0.454 e. The summed E-state index contributed by atoms with van der Waals surface area (Å²) in [4.78, 5) is 0. The molecule has 94 valence electrons. The average molecular weight is 315 g/mol. The van der Waals surface area contributed by atoms with Gasteiger partial charge < -0.3 is 9.84 Å². The first kappa shape index (κ1) is 13.0. The predicted octanol–water partition coefficient (Wildman–Crippen LogP) is 4.01. The normalized spacial score (nSPS) is 10.4. The molecular formula is C13H9BrF2O2. The number of rotatable bonds is 3. The number of benzene rings is 2. The van der Waals surface area contributed by atoms with E-state index in [0.29, 0.717) is 10.0 Å². The van der Waals surface area contributed by atoms with Crippen molar-refractivity contribution in [3.8, 4) is 11.5 Å². The summed E-state index contributed by atoms with van der Waals surface area (Å²) in [5.41, 5.74) is 0.304. The molecule has 0 saturated heterocycles. The lowest BCUT2D eigenvalue weighted by Crippen LogP contribution is -1.95. The molecule has 1 N–H and O–H groups in total. The molecule has 2 rings (SSSR count). The van der Waals surface area contributed by atoms with Gasteiger partial charge in [-0.05, 0) is 34.1 Å². The Bertz CT molecular complexity index is 573. The van der Waals surface area contributed by atoms with Crippen molar-refractivity contribution in [3.05, 3.63) is 58.1 Å². The van der Waals surface area contributed by atoms with E-state index < -0.39 is 11.6 Å². The Morgan fingerprint density at radius 3 is 2.56 bits per heavy atom. The Morgan fingerprint density at radius 1 is 1.11 bits per heavy atom. The van der Waals surface area contributed by atoms with E-state index in [4.69, 9.17) is 9.84 Å². The maximum atomic E-state index is 13.6. The van der Waals surface area contributed by atoms with Crippen LogP contribution in [0.25, 0.3) is 0 Å².